The van der Waals surface area contributed by atoms with Gasteiger partial charge in [-0.15, -0.1) is 4.89 Å². The molecule has 0 fully saturated rings. The predicted molar refractivity (Wildman–Crippen MR) is 71.7 cm³/mol. The van der Waals surface area contributed by atoms with Crippen molar-refractivity contribution in [2.45, 2.75) is 0 Å². The molecule has 0 spiro atoms. The van der Waals surface area contributed by atoms with Gasteiger partial charge in [-0.05, 0) is 11.6 Å². The number of rotatable bonds is 4. The highest BCUT2D eigenvalue weighted by atomic mass is 31.1. The highest BCUT2D eigenvalue weighted by Gasteiger charge is 2.18. The molecule has 0 aliphatic heterocycles. The molecule has 0 aliphatic rings. The van der Waals surface area contributed by atoms with Gasteiger partial charge in [-0.1, -0.05) is 60.7 Å². The van der Waals surface area contributed by atoms with Crippen molar-refractivity contribution in [3.05, 3.63) is 71.8 Å². The van der Waals surface area contributed by atoms with Crippen LogP contribution in [0.3, 0.4) is 0 Å². The van der Waals surface area contributed by atoms with Gasteiger partial charge in [-0.3, -0.25) is 0 Å². The lowest BCUT2D eigenvalue weighted by Crippen LogP contribution is -1.85. The third-order valence-electron chi connectivity index (χ3n) is 2.33. The topological polar surface area (TPSA) is 46.5 Å². The molecule has 2 aromatic rings. The quantitative estimate of drug-likeness (QED) is 0.515. The summed E-state index contributed by atoms with van der Waals surface area (Å²) in [6, 6.07) is 18.7. The Hall–Kier alpha value is -1.96. The van der Waals surface area contributed by atoms with Gasteiger partial charge in [0.1, 0.15) is 0 Å². The van der Waals surface area contributed by atoms with Crippen molar-refractivity contribution in [2.75, 3.05) is 0 Å². The SMILES string of the molecule is O=[P+](O)OC(=Cc1ccccc1)c1ccccc1. The third-order valence-corrected chi connectivity index (χ3v) is 2.68. The van der Waals surface area contributed by atoms with E-state index in [2.05, 4.69) is 0 Å². The summed E-state index contributed by atoms with van der Waals surface area (Å²) in [5, 5.41) is 0. The second kappa shape index (κ2) is 6.10. The van der Waals surface area contributed by atoms with Gasteiger partial charge in [0.05, 0.1) is 0 Å². The summed E-state index contributed by atoms with van der Waals surface area (Å²) >= 11 is 0. The van der Waals surface area contributed by atoms with Crippen LogP contribution >= 0.6 is 8.25 Å². The molecule has 0 aromatic heterocycles. The van der Waals surface area contributed by atoms with E-state index in [-0.39, 0.29) is 0 Å². The molecule has 0 saturated heterocycles. The van der Waals surface area contributed by atoms with Crippen LogP contribution in [-0.4, -0.2) is 4.89 Å². The monoisotopic (exact) mass is 259 g/mol. The molecule has 0 radical (unpaired) electrons. The average Bonchev–Trinajstić information content (AvgIpc) is 2.40. The van der Waals surface area contributed by atoms with Crippen LogP contribution in [0, 0.1) is 0 Å². The van der Waals surface area contributed by atoms with Crippen LogP contribution in [0.2, 0.25) is 0 Å². The lowest BCUT2D eigenvalue weighted by molar-refractivity contribution is 0.394. The Kier molecular flexibility index (Phi) is 4.24. The first-order chi connectivity index (χ1) is 8.75. The molecule has 0 aliphatic carbocycles. The van der Waals surface area contributed by atoms with Crippen molar-refractivity contribution >= 4 is 20.1 Å². The van der Waals surface area contributed by atoms with Gasteiger partial charge in [-0.25, -0.2) is 4.52 Å². The minimum absolute atomic E-state index is 0.380. The lowest BCUT2D eigenvalue weighted by Gasteiger charge is -2.00. The first kappa shape index (κ1) is 12.5. The molecule has 1 atom stereocenters. The highest BCUT2D eigenvalue weighted by Crippen LogP contribution is 2.29. The second-order valence-electron chi connectivity index (χ2n) is 3.61. The van der Waals surface area contributed by atoms with Crippen LogP contribution in [-0.2, 0) is 9.09 Å². The Bertz CT molecular complexity index is 550. The largest absolute Gasteiger partial charge is 0.747 e. The zero-order chi connectivity index (χ0) is 12.8. The molecule has 0 bridgehead atoms. The molecule has 0 amide bonds. The Morgan fingerprint density at radius 3 is 2.11 bits per heavy atom. The number of hydrogen-bond donors (Lipinski definition) is 1. The molecule has 90 valence electrons. The van der Waals surface area contributed by atoms with Gasteiger partial charge in [-0.2, -0.15) is 0 Å². The molecular formula is C14H12O3P+. The minimum Gasteiger partial charge on any atom is -0.229 e. The molecule has 2 rings (SSSR count). The summed E-state index contributed by atoms with van der Waals surface area (Å²) in [7, 11) is -2.68. The first-order valence-electron chi connectivity index (χ1n) is 5.42. The van der Waals surface area contributed by atoms with E-state index in [0.717, 1.165) is 11.1 Å². The molecule has 3 nitrogen and oxygen atoms in total. The smallest absolute Gasteiger partial charge is 0.229 e. The van der Waals surface area contributed by atoms with Gasteiger partial charge in [0.15, 0.2) is 5.76 Å². The van der Waals surface area contributed by atoms with Gasteiger partial charge < -0.3 is 0 Å². The Balaban J connectivity index is 2.37. The van der Waals surface area contributed by atoms with E-state index in [1.54, 1.807) is 6.08 Å². The van der Waals surface area contributed by atoms with Crippen LogP contribution < -0.4 is 0 Å². The maximum absolute atomic E-state index is 10.9. The van der Waals surface area contributed by atoms with Crippen molar-refractivity contribution in [2.24, 2.45) is 0 Å². The van der Waals surface area contributed by atoms with E-state index in [4.69, 9.17) is 9.42 Å². The van der Waals surface area contributed by atoms with Crippen LogP contribution in [0.1, 0.15) is 11.1 Å². The summed E-state index contributed by atoms with van der Waals surface area (Å²) in [6.45, 7) is 0. The zero-order valence-electron chi connectivity index (χ0n) is 9.56. The molecule has 2 aromatic carbocycles. The van der Waals surface area contributed by atoms with Gasteiger partial charge in [0, 0.05) is 10.1 Å². The van der Waals surface area contributed by atoms with E-state index in [0.29, 0.717) is 5.76 Å². The normalized spacial score (nSPS) is 12.1. The standard InChI is InChI=1S/C14H11O3P/c15-18(16)17-14(13-9-5-2-6-10-13)11-12-7-3-1-4-8-12/h1-11H/p+1. The molecule has 0 saturated carbocycles. The van der Waals surface area contributed by atoms with Crippen molar-refractivity contribution in [3.63, 3.8) is 0 Å². The van der Waals surface area contributed by atoms with Crippen molar-refractivity contribution in [1.29, 1.82) is 0 Å². The average molecular weight is 259 g/mol. The summed E-state index contributed by atoms with van der Waals surface area (Å²) in [6.07, 6.45) is 1.73. The van der Waals surface area contributed by atoms with Crippen LogP contribution in [0.25, 0.3) is 11.8 Å². The van der Waals surface area contributed by atoms with Crippen molar-refractivity contribution in [3.8, 4) is 0 Å². The van der Waals surface area contributed by atoms with E-state index >= 15 is 0 Å². The Morgan fingerprint density at radius 2 is 1.56 bits per heavy atom. The van der Waals surface area contributed by atoms with Crippen molar-refractivity contribution < 1.29 is 14.0 Å². The molecular weight excluding hydrogens is 247 g/mol. The minimum atomic E-state index is -2.68. The van der Waals surface area contributed by atoms with Crippen LogP contribution in [0.5, 0.6) is 0 Å². The number of hydrogen-bond acceptors (Lipinski definition) is 2. The Labute approximate surface area is 106 Å². The van der Waals surface area contributed by atoms with E-state index < -0.39 is 8.25 Å². The molecule has 18 heavy (non-hydrogen) atoms. The Morgan fingerprint density at radius 1 is 1.00 bits per heavy atom. The van der Waals surface area contributed by atoms with Gasteiger partial charge >= 0.3 is 8.25 Å². The lowest BCUT2D eigenvalue weighted by atomic mass is 10.1. The fourth-order valence-corrected chi connectivity index (χ4v) is 1.88. The summed E-state index contributed by atoms with van der Waals surface area (Å²) in [5.74, 6) is 0.380. The maximum Gasteiger partial charge on any atom is 0.747 e. The summed E-state index contributed by atoms with van der Waals surface area (Å²) in [4.78, 5) is 8.91. The van der Waals surface area contributed by atoms with E-state index in [9.17, 15) is 4.57 Å². The highest BCUT2D eigenvalue weighted by molar-refractivity contribution is 7.32. The van der Waals surface area contributed by atoms with Crippen LogP contribution in [0.4, 0.5) is 0 Å². The van der Waals surface area contributed by atoms with E-state index in [1.165, 1.54) is 0 Å². The summed E-state index contributed by atoms with van der Waals surface area (Å²) in [5.41, 5.74) is 1.67. The summed E-state index contributed by atoms with van der Waals surface area (Å²) < 4.78 is 15.8. The molecule has 1 N–H and O–H groups in total. The van der Waals surface area contributed by atoms with Crippen molar-refractivity contribution in [1.82, 2.24) is 0 Å². The van der Waals surface area contributed by atoms with E-state index in [1.807, 2.05) is 60.7 Å². The molecule has 1 unspecified atom stereocenters. The van der Waals surface area contributed by atoms with Gasteiger partial charge in [0.2, 0.25) is 0 Å². The number of benzene rings is 2. The zero-order valence-corrected chi connectivity index (χ0v) is 10.5. The van der Waals surface area contributed by atoms with Crippen LogP contribution in [0.15, 0.2) is 60.7 Å². The second-order valence-corrected chi connectivity index (χ2v) is 4.27. The predicted octanol–water partition coefficient (Wildman–Crippen LogP) is 3.85. The first-order valence-corrected chi connectivity index (χ1v) is 6.55. The third kappa shape index (κ3) is 3.52. The fourth-order valence-electron chi connectivity index (χ4n) is 1.55. The fraction of sp³-hybridized carbons (Fsp3) is 0. The van der Waals surface area contributed by atoms with Gasteiger partial charge in [0.25, 0.3) is 0 Å². The molecule has 0 heterocycles. The maximum atomic E-state index is 10.9. The molecule has 4 heteroatoms.